The van der Waals surface area contributed by atoms with Crippen molar-refractivity contribution in [2.45, 2.75) is 50.7 Å². The maximum absolute atomic E-state index is 14.2. The number of aromatic hydroxyl groups is 1. The SMILES string of the molecule is COc1ccc(CN(CCCNC[C@H](O)c2ccc(O)c3[nH]c(=O)ccc23)C(=O)c2ccc(COc3cccc([C@@H](NC(=O)O[C@H]4CN5CCC4CC5)c4ccccc4)c3)cc2)c(OC)c1. The number of aliphatic hydroxyl groups is 1. The highest BCUT2D eigenvalue weighted by atomic mass is 16.6. The highest BCUT2D eigenvalue weighted by Crippen LogP contribution is 2.32. The van der Waals surface area contributed by atoms with Crippen LogP contribution in [0.4, 0.5) is 4.79 Å². The van der Waals surface area contributed by atoms with Crippen LogP contribution in [-0.4, -0.2) is 96.6 Å². The van der Waals surface area contributed by atoms with Gasteiger partial charge >= 0.3 is 6.09 Å². The number of rotatable bonds is 19. The Morgan fingerprint density at radius 3 is 2.39 bits per heavy atom. The minimum atomic E-state index is -0.912. The summed E-state index contributed by atoms with van der Waals surface area (Å²) >= 11 is 0. The minimum absolute atomic E-state index is 0.0729. The number of hydrogen-bond donors (Lipinski definition) is 5. The molecule has 2 bridgehead atoms. The van der Waals surface area contributed by atoms with Crippen molar-refractivity contribution in [2.75, 3.05) is 53.5 Å². The van der Waals surface area contributed by atoms with Crippen LogP contribution in [0.25, 0.3) is 10.9 Å². The molecule has 3 aliphatic heterocycles. The normalized spacial score (nSPS) is 17.4. The summed E-state index contributed by atoms with van der Waals surface area (Å²) in [4.78, 5) is 46.2. The van der Waals surface area contributed by atoms with Gasteiger partial charge in [-0.05, 0) is 116 Å². The molecule has 3 aliphatic rings. The standard InChI is InChI=1S/C52H57N5O9/c1-63-40-17-16-39(46(29-40)64-2)31-57(25-7-24-53-30-45(59)42-18-20-44(58)50-43(42)19-21-48(60)54-50)51(61)37-14-12-34(13-15-37)33-65-41-11-6-10-38(28-41)49(36-8-4-3-5-9-36)55-52(62)66-47-32-56-26-22-35(47)23-27-56/h3-6,8-21,28-29,35,45,47,49,53,58-59H,7,22-27,30-33H2,1-2H3,(H,54,60)(H,55,62)/t45-,47-,49-/m0/s1. The van der Waals surface area contributed by atoms with Crippen LogP contribution in [0.2, 0.25) is 0 Å². The molecule has 4 heterocycles. The van der Waals surface area contributed by atoms with Gasteiger partial charge in [0.05, 0.1) is 31.9 Å². The first kappa shape index (κ1) is 45.7. The fraction of sp³-hybridized carbons (Fsp3) is 0.327. The van der Waals surface area contributed by atoms with E-state index in [2.05, 4.69) is 20.5 Å². The minimum Gasteiger partial charge on any atom is -0.506 e. The highest BCUT2D eigenvalue weighted by Gasteiger charge is 2.37. The molecule has 0 aliphatic carbocycles. The number of amides is 2. The monoisotopic (exact) mass is 895 g/mol. The zero-order valence-electron chi connectivity index (χ0n) is 37.3. The smallest absolute Gasteiger partial charge is 0.408 e. The Hall–Kier alpha value is -6.87. The highest BCUT2D eigenvalue weighted by molar-refractivity contribution is 5.94. The van der Waals surface area contributed by atoms with E-state index in [-0.39, 0.29) is 48.5 Å². The molecule has 2 amide bonds. The van der Waals surface area contributed by atoms with Crippen LogP contribution >= 0.6 is 0 Å². The molecule has 5 N–H and O–H groups in total. The van der Waals surface area contributed by atoms with E-state index in [0.717, 1.165) is 54.7 Å². The number of piperidine rings is 3. The first-order valence-corrected chi connectivity index (χ1v) is 22.5. The molecule has 5 aromatic carbocycles. The Kier molecular flexibility index (Phi) is 14.8. The maximum Gasteiger partial charge on any atom is 0.408 e. The van der Waals surface area contributed by atoms with Crippen molar-refractivity contribution in [3.05, 3.63) is 165 Å². The molecule has 344 valence electrons. The van der Waals surface area contributed by atoms with E-state index in [1.54, 1.807) is 49.5 Å². The Labute approximate surface area is 384 Å². The van der Waals surface area contributed by atoms with Crippen LogP contribution in [0.1, 0.15) is 69.6 Å². The lowest BCUT2D eigenvalue weighted by atomic mass is 9.86. The van der Waals surface area contributed by atoms with E-state index >= 15 is 0 Å². The average Bonchev–Trinajstić information content (AvgIpc) is 3.35. The van der Waals surface area contributed by atoms with Gasteiger partial charge in [0.15, 0.2) is 0 Å². The number of benzene rings is 5. The summed E-state index contributed by atoms with van der Waals surface area (Å²) in [6.07, 6.45) is 1.24. The first-order valence-electron chi connectivity index (χ1n) is 22.5. The Balaban J connectivity index is 0.903. The second kappa shape index (κ2) is 21.4. The number of phenolic OH excluding ortho intramolecular Hbond substituents is 1. The zero-order valence-corrected chi connectivity index (χ0v) is 37.3. The largest absolute Gasteiger partial charge is 0.506 e. The summed E-state index contributed by atoms with van der Waals surface area (Å²) in [5.41, 5.74) is 4.47. The molecular formula is C52H57N5O9. The van der Waals surface area contributed by atoms with E-state index in [4.69, 9.17) is 18.9 Å². The number of H-pyrrole nitrogens is 1. The number of methoxy groups -OCH3 is 2. The van der Waals surface area contributed by atoms with Crippen molar-refractivity contribution in [1.29, 1.82) is 0 Å². The third kappa shape index (κ3) is 11.1. The van der Waals surface area contributed by atoms with Gasteiger partial charge in [0.25, 0.3) is 5.91 Å². The van der Waals surface area contributed by atoms with Gasteiger partial charge in [0.1, 0.15) is 35.7 Å². The molecule has 0 spiro atoms. The predicted molar refractivity (Wildman–Crippen MR) is 251 cm³/mol. The lowest BCUT2D eigenvalue weighted by Crippen LogP contribution is -2.52. The van der Waals surface area contributed by atoms with Gasteiger partial charge < -0.3 is 49.7 Å². The molecule has 14 nitrogen and oxygen atoms in total. The molecule has 3 saturated heterocycles. The quantitative estimate of drug-likeness (QED) is 0.0525. The summed E-state index contributed by atoms with van der Waals surface area (Å²) < 4.78 is 23.4. The van der Waals surface area contributed by atoms with Crippen LogP contribution in [0.5, 0.6) is 23.0 Å². The van der Waals surface area contributed by atoms with Gasteiger partial charge in [0, 0.05) is 54.8 Å². The van der Waals surface area contributed by atoms with E-state index in [9.17, 15) is 24.6 Å². The van der Waals surface area contributed by atoms with Crippen molar-refractivity contribution in [2.24, 2.45) is 5.92 Å². The fourth-order valence-electron chi connectivity index (χ4n) is 8.95. The number of aliphatic hydroxyl groups excluding tert-OH is 1. The Bertz CT molecular complexity index is 2650. The number of aromatic amines is 1. The molecule has 9 rings (SSSR count). The summed E-state index contributed by atoms with van der Waals surface area (Å²) in [7, 11) is 3.17. The van der Waals surface area contributed by atoms with Crippen LogP contribution in [-0.2, 0) is 17.9 Å². The molecule has 14 heteroatoms. The molecule has 0 saturated carbocycles. The molecule has 66 heavy (non-hydrogen) atoms. The topological polar surface area (TPSA) is 175 Å². The molecule has 0 unspecified atom stereocenters. The summed E-state index contributed by atoms with van der Waals surface area (Å²) in [5, 5.41) is 28.3. The number of ether oxygens (including phenoxy) is 4. The van der Waals surface area contributed by atoms with Gasteiger partial charge in [-0.3, -0.25) is 14.5 Å². The van der Waals surface area contributed by atoms with Crippen molar-refractivity contribution >= 4 is 22.9 Å². The maximum atomic E-state index is 14.2. The van der Waals surface area contributed by atoms with Crippen molar-refractivity contribution in [1.82, 2.24) is 25.4 Å². The Morgan fingerprint density at radius 1 is 0.864 bits per heavy atom. The number of pyridine rings is 1. The number of nitrogens with one attached hydrogen (secondary N) is 3. The molecule has 0 radical (unpaired) electrons. The molecule has 6 aromatic rings. The number of phenols is 1. The van der Waals surface area contributed by atoms with Crippen LogP contribution in [0.3, 0.4) is 0 Å². The summed E-state index contributed by atoms with van der Waals surface area (Å²) in [6, 6.07) is 36.0. The number of fused-ring (bicyclic) bond motifs is 4. The van der Waals surface area contributed by atoms with Crippen LogP contribution < -0.4 is 30.4 Å². The third-order valence-corrected chi connectivity index (χ3v) is 12.6. The predicted octanol–water partition coefficient (Wildman–Crippen LogP) is 7.10. The van der Waals surface area contributed by atoms with Crippen molar-refractivity contribution in [3.63, 3.8) is 0 Å². The van der Waals surface area contributed by atoms with E-state index in [1.807, 2.05) is 78.9 Å². The summed E-state index contributed by atoms with van der Waals surface area (Å²) in [5.74, 6) is 2.04. The summed E-state index contributed by atoms with van der Waals surface area (Å²) in [6.45, 7) is 4.56. The third-order valence-electron chi connectivity index (χ3n) is 12.6. The molecular weight excluding hydrogens is 839 g/mol. The molecule has 3 fully saturated rings. The molecule has 3 atom stereocenters. The van der Waals surface area contributed by atoms with Gasteiger partial charge in [-0.25, -0.2) is 4.79 Å². The lowest BCUT2D eigenvalue weighted by Gasteiger charge is -2.43. The second-order valence-electron chi connectivity index (χ2n) is 16.9. The van der Waals surface area contributed by atoms with Gasteiger partial charge in [0.2, 0.25) is 5.56 Å². The number of hydrogen-bond acceptors (Lipinski definition) is 11. The fourth-order valence-corrected chi connectivity index (χ4v) is 8.95. The van der Waals surface area contributed by atoms with E-state index in [0.29, 0.717) is 59.2 Å². The second-order valence-corrected chi connectivity index (χ2v) is 16.9. The number of nitrogens with zero attached hydrogens (tertiary/aromatic N) is 2. The first-order chi connectivity index (χ1) is 32.1. The van der Waals surface area contributed by atoms with Gasteiger partial charge in [-0.15, -0.1) is 0 Å². The van der Waals surface area contributed by atoms with Crippen molar-refractivity contribution in [3.8, 4) is 23.0 Å². The van der Waals surface area contributed by atoms with E-state index < -0.39 is 18.2 Å². The Morgan fingerprint density at radius 2 is 1.65 bits per heavy atom. The number of carbonyl (C=O) groups is 2. The lowest BCUT2D eigenvalue weighted by molar-refractivity contribution is -0.0336. The average molecular weight is 896 g/mol. The van der Waals surface area contributed by atoms with Crippen LogP contribution in [0.15, 0.2) is 126 Å². The number of aromatic nitrogens is 1. The van der Waals surface area contributed by atoms with Crippen molar-refractivity contribution < 1.29 is 38.7 Å². The van der Waals surface area contributed by atoms with Crippen LogP contribution in [0, 0.1) is 5.92 Å². The number of carbonyl (C=O) groups excluding carboxylic acids is 2. The van der Waals surface area contributed by atoms with E-state index in [1.165, 1.54) is 12.1 Å². The number of alkyl carbamates (subject to hydrolysis) is 1. The zero-order chi connectivity index (χ0) is 46.0. The molecule has 1 aromatic heterocycles. The van der Waals surface area contributed by atoms with Gasteiger partial charge in [-0.1, -0.05) is 60.7 Å². The van der Waals surface area contributed by atoms with Gasteiger partial charge in [-0.2, -0.15) is 0 Å².